The SMILES string of the molecule is CC[Si](OC)(OC)OCOCC(C)OCO[Si](CC)(OC)OC. The van der Waals surface area contributed by atoms with Gasteiger partial charge in [0, 0.05) is 40.5 Å². The van der Waals surface area contributed by atoms with Gasteiger partial charge in [0.1, 0.15) is 13.6 Å². The van der Waals surface area contributed by atoms with Gasteiger partial charge < -0.3 is 36.0 Å². The number of rotatable bonds is 15. The monoisotopic (exact) mass is 372 g/mol. The van der Waals surface area contributed by atoms with Gasteiger partial charge in [0.2, 0.25) is 0 Å². The molecule has 8 nitrogen and oxygen atoms in total. The van der Waals surface area contributed by atoms with Gasteiger partial charge in [-0.15, -0.1) is 0 Å². The molecule has 0 saturated heterocycles. The Morgan fingerprint density at radius 3 is 1.57 bits per heavy atom. The molecule has 0 saturated carbocycles. The van der Waals surface area contributed by atoms with Crippen LogP contribution in [0.5, 0.6) is 0 Å². The van der Waals surface area contributed by atoms with E-state index in [1.54, 1.807) is 28.4 Å². The van der Waals surface area contributed by atoms with E-state index in [4.69, 9.17) is 36.0 Å². The zero-order valence-electron chi connectivity index (χ0n) is 15.4. The largest absolute Gasteiger partial charge is 0.501 e. The normalized spacial score (nSPS) is 14.2. The van der Waals surface area contributed by atoms with Crippen molar-refractivity contribution in [3.63, 3.8) is 0 Å². The summed E-state index contributed by atoms with van der Waals surface area (Å²) in [6.07, 6.45) is -0.154. The van der Waals surface area contributed by atoms with Crippen LogP contribution in [0.1, 0.15) is 20.8 Å². The summed E-state index contributed by atoms with van der Waals surface area (Å²) in [7, 11) is 1.17. The lowest BCUT2D eigenvalue weighted by Crippen LogP contribution is -2.44. The molecule has 0 aromatic heterocycles. The molecule has 0 heterocycles. The Morgan fingerprint density at radius 1 is 0.739 bits per heavy atom. The molecule has 0 rings (SSSR count). The van der Waals surface area contributed by atoms with Crippen molar-refractivity contribution in [2.24, 2.45) is 0 Å². The summed E-state index contributed by atoms with van der Waals surface area (Å²) in [4.78, 5) is 0. The molecule has 0 aromatic rings. The first kappa shape index (κ1) is 23.1. The Morgan fingerprint density at radius 2 is 1.17 bits per heavy atom. The summed E-state index contributed by atoms with van der Waals surface area (Å²) in [6.45, 7) is 6.36. The molecule has 0 spiro atoms. The fourth-order valence-corrected chi connectivity index (χ4v) is 4.70. The van der Waals surface area contributed by atoms with Crippen molar-refractivity contribution in [2.75, 3.05) is 48.6 Å². The molecule has 0 aliphatic carbocycles. The third kappa shape index (κ3) is 8.16. The van der Waals surface area contributed by atoms with E-state index in [0.717, 1.165) is 0 Å². The average molecular weight is 373 g/mol. The summed E-state index contributed by atoms with van der Waals surface area (Å²) in [5.41, 5.74) is 0. The van der Waals surface area contributed by atoms with Crippen LogP contribution in [0.2, 0.25) is 12.1 Å². The fraction of sp³-hybridized carbons (Fsp3) is 1.00. The minimum Gasteiger partial charge on any atom is -0.377 e. The smallest absolute Gasteiger partial charge is 0.377 e. The Balaban J connectivity index is 3.94. The van der Waals surface area contributed by atoms with Crippen LogP contribution in [0.15, 0.2) is 0 Å². The van der Waals surface area contributed by atoms with Gasteiger partial charge >= 0.3 is 17.6 Å². The van der Waals surface area contributed by atoms with Crippen molar-refractivity contribution in [1.29, 1.82) is 0 Å². The first-order chi connectivity index (χ1) is 11.0. The van der Waals surface area contributed by atoms with Crippen molar-refractivity contribution < 1.29 is 36.0 Å². The molecule has 1 atom stereocenters. The molecular formula is C13H32O8Si2. The van der Waals surface area contributed by atoms with E-state index in [0.29, 0.717) is 18.7 Å². The number of hydrogen-bond donors (Lipinski definition) is 0. The highest BCUT2D eigenvalue weighted by Gasteiger charge is 2.37. The minimum absolute atomic E-state index is 0.0942. The van der Waals surface area contributed by atoms with Crippen LogP contribution in [0.3, 0.4) is 0 Å². The summed E-state index contributed by atoms with van der Waals surface area (Å²) in [5.74, 6) is 0. The molecule has 10 heteroatoms. The quantitative estimate of drug-likeness (QED) is 0.245. The molecule has 0 radical (unpaired) electrons. The molecule has 0 fully saturated rings. The number of hydrogen-bond acceptors (Lipinski definition) is 8. The van der Waals surface area contributed by atoms with Crippen LogP contribution in [0, 0.1) is 0 Å². The molecule has 1 unspecified atom stereocenters. The predicted molar refractivity (Wildman–Crippen MR) is 88.9 cm³/mol. The summed E-state index contributed by atoms with van der Waals surface area (Å²) in [5, 5.41) is 0. The van der Waals surface area contributed by atoms with Gasteiger partial charge in [-0.2, -0.15) is 0 Å². The van der Waals surface area contributed by atoms with Crippen molar-refractivity contribution in [3.05, 3.63) is 0 Å². The zero-order chi connectivity index (χ0) is 17.8. The molecule has 0 N–H and O–H groups in total. The van der Waals surface area contributed by atoms with Crippen molar-refractivity contribution in [1.82, 2.24) is 0 Å². The lowest BCUT2D eigenvalue weighted by Gasteiger charge is -2.26. The van der Waals surface area contributed by atoms with Gasteiger partial charge in [-0.25, -0.2) is 0 Å². The lowest BCUT2D eigenvalue weighted by atomic mass is 10.4. The first-order valence-electron chi connectivity index (χ1n) is 7.64. The standard InChI is InChI=1S/C13H32O8Si2/c1-8-22(14-4,15-5)20-11-18-10-13(3)19-12-21-23(9-2,16-6)17-7/h13H,8-12H2,1-7H3. The van der Waals surface area contributed by atoms with Crippen LogP contribution in [-0.4, -0.2) is 72.3 Å². The lowest BCUT2D eigenvalue weighted by molar-refractivity contribution is -0.108. The van der Waals surface area contributed by atoms with E-state index >= 15 is 0 Å². The van der Waals surface area contributed by atoms with E-state index in [1.807, 2.05) is 20.8 Å². The van der Waals surface area contributed by atoms with Crippen LogP contribution < -0.4 is 0 Å². The Bertz CT molecular complexity index is 271. The third-order valence-corrected chi connectivity index (χ3v) is 8.79. The van der Waals surface area contributed by atoms with E-state index in [2.05, 4.69) is 0 Å². The van der Waals surface area contributed by atoms with E-state index in [-0.39, 0.29) is 19.7 Å². The first-order valence-corrected chi connectivity index (χ1v) is 11.5. The van der Waals surface area contributed by atoms with E-state index in [1.165, 1.54) is 0 Å². The average Bonchev–Trinajstić information content (AvgIpc) is 2.60. The summed E-state index contributed by atoms with van der Waals surface area (Å²) in [6, 6.07) is 1.36. The Hall–Kier alpha value is 0.114. The fourth-order valence-electron chi connectivity index (χ4n) is 1.82. The van der Waals surface area contributed by atoms with Gasteiger partial charge in [-0.05, 0) is 6.92 Å². The van der Waals surface area contributed by atoms with Crippen molar-refractivity contribution >= 4 is 17.6 Å². The molecule has 140 valence electrons. The third-order valence-electron chi connectivity index (χ3n) is 3.46. The van der Waals surface area contributed by atoms with Crippen LogP contribution in [0.4, 0.5) is 0 Å². The van der Waals surface area contributed by atoms with E-state index in [9.17, 15) is 0 Å². The van der Waals surface area contributed by atoms with E-state index < -0.39 is 17.6 Å². The van der Waals surface area contributed by atoms with Gasteiger partial charge in [0.25, 0.3) is 0 Å². The Kier molecular flexibility index (Phi) is 12.5. The summed E-state index contributed by atoms with van der Waals surface area (Å²) >= 11 is 0. The molecule has 23 heavy (non-hydrogen) atoms. The molecule has 0 amide bonds. The van der Waals surface area contributed by atoms with Crippen molar-refractivity contribution in [3.8, 4) is 0 Å². The second kappa shape index (κ2) is 12.5. The molecule has 0 bridgehead atoms. The van der Waals surface area contributed by atoms with Gasteiger partial charge in [-0.1, -0.05) is 13.8 Å². The maximum absolute atomic E-state index is 5.61. The zero-order valence-corrected chi connectivity index (χ0v) is 17.4. The Labute approximate surface area is 142 Å². The highest BCUT2D eigenvalue weighted by Crippen LogP contribution is 2.14. The minimum atomic E-state index is -2.58. The van der Waals surface area contributed by atoms with Crippen molar-refractivity contribution in [2.45, 2.75) is 39.0 Å². The molecule has 0 aliphatic rings. The highest BCUT2D eigenvalue weighted by atomic mass is 28.4. The second-order valence-corrected chi connectivity index (χ2v) is 11.1. The number of ether oxygens (including phenoxy) is 2. The topological polar surface area (TPSA) is 73.8 Å². The van der Waals surface area contributed by atoms with Gasteiger partial charge in [0.05, 0.1) is 12.7 Å². The predicted octanol–water partition coefficient (Wildman–Crippen LogP) is 1.86. The van der Waals surface area contributed by atoms with Crippen LogP contribution in [-0.2, 0) is 36.0 Å². The highest BCUT2D eigenvalue weighted by molar-refractivity contribution is 6.60. The van der Waals surface area contributed by atoms with Crippen LogP contribution >= 0.6 is 0 Å². The van der Waals surface area contributed by atoms with Crippen LogP contribution in [0.25, 0.3) is 0 Å². The van der Waals surface area contributed by atoms with Gasteiger partial charge in [-0.3, -0.25) is 0 Å². The molecule has 0 aromatic carbocycles. The molecule has 0 aliphatic heterocycles. The maximum atomic E-state index is 5.61. The maximum Gasteiger partial charge on any atom is 0.501 e. The van der Waals surface area contributed by atoms with Gasteiger partial charge in [0.15, 0.2) is 0 Å². The molecular weight excluding hydrogens is 340 g/mol. The second-order valence-electron chi connectivity index (χ2n) is 4.76. The summed E-state index contributed by atoms with van der Waals surface area (Å²) < 4.78 is 43.5.